The van der Waals surface area contributed by atoms with E-state index in [0.717, 1.165) is 23.6 Å². The van der Waals surface area contributed by atoms with Gasteiger partial charge in [0, 0.05) is 24.7 Å². The van der Waals surface area contributed by atoms with E-state index in [0.29, 0.717) is 0 Å². The minimum Gasteiger partial charge on any atom is -0.482 e. The number of fused-ring (bicyclic) bond motifs is 2. The Balaban J connectivity index is 1.73. The highest BCUT2D eigenvalue weighted by molar-refractivity contribution is 5.63. The van der Waals surface area contributed by atoms with Crippen LogP contribution in [0, 0.1) is 0 Å². The smallest absolute Gasteiger partial charge is 0.148 e. The Kier molecular flexibility index (Phi) is 2.21. The Morgan fingerprint density at radius 1 is 1.26 bits per heavy atom. The second kappa shape index (κ2) is 4.02. The fourth-order valence-corrected chi connectivity index (χ4v) is 2.42. The van der Waals surface area contributed by atoms with E-state index in [2.05, 4.69) is 22.4 Å². The van der Waals surface area contributed by atoms with Gasteiger partial charge < -0.3 is 14.5 Å². The highest BCUT2D eigenvalue weighted by Crippen LogP contribution is 2.34. The van der Waals surface area contributed by atoms with Gasteiger partial charge in [-0.05, 0) is 5.56 Å². The molecule has 0 saturated carbocycles. The highest BCUT2D eigenvalue weighted by atomic mass is 16.5. The van der Waals surface area contributed by atoms with Gasteiger partial charge in [-0.2, -0.15) is 0 Å². The summed E-state index contributed by atoms with van der Waals surface area (Å²) in [6.45, 7) is 0.775. The monoisotopic (exact) mass is 251 g/mol. The zero-order valence-corrected chi connectivity index (χ0v) is 10.3. The standard InChI is InChI=1S/C15H13N3O/c1-2-4-11(5-3-1)14-9-17-12-10-18-7-6-16-15(18)8-13(12)19-14/h1-8,10,14,17H,9H2. The molecule has 3 heterocycles. The van der Waals surface area contributed by atoms with Crippen LogP contribution in [0.2, 0.25) is 0 Å². The van der Waals surface area contributed by atoms with Crippen LogP contribution < -0.4 is 10.1 Å². The van der Waals surface area contributed by atoms with Gasteiger partial charge in [0.1, 0.15) is 17.5 Å². The number of rotatable bonds is 1. The van der Waals surface area contributed by atoms with Crippen LogP contribution in [-0.4, -0.2) is 15.9 Å². The van der Waals surface area contributed by atoms with E-state index in [9.17, 15) is 0 Å². The lowest BCUT2D eigenvalue weighted by molar-refractivity contribution is 0.210. The molecule has 1 N–H and O–H groups in total. The SMILES string of the molecule is c1ccc(C2CNc3cn4ccnc4cc3O2)cc1. The maximum atomic E-state index is 6.08. The van der Waals surface area contributed by atoms with Crippen molar-refractivity contribution in [3.05, 3.63) is 60.6 Å². The molecular weight excluding hydrogens is 238 g/mol. The van der Waals surface area contributed by atoms with Crippen LogP contribution in [0.15, 0.2) is 55.0 Å². The topological polar surface area (TPSA) is 38.6 Å². The third-order valence-corrected chi connectivity index (χ3v) is 3.41. The van der Waals surface area contributed by atoms with Gasteiger partial charge in [0.05, 0.1) is 12.2 Å². The second-order valence-corrected chi connectivity index (χ2v) is 4.64. The maximum Gasteiger partial charge on any atom is 0.148 e. The minimum atomic E-state index is 0.0473. The van der Waals surface area contributed by atoms with E-state index in [1.807, 2.05) is 41.1 Å². The third-order valence-electron chi connectivity index (χ3n) is 3.41. The van der Waals surface area contributed by atoms with Crippen LogP contribution in [0.5, 0.6) is 5.75 Å². The summed E-state index contributed by atoms with van der Waals surface area (Å²) in [7, 11) is 0. The van der Waals surface area contributed by atoms with E-state index in [-0.39, 0.29) is 6.10 Å². The first kappa shape index (κ1) is 10.4. The molecule has 3 aromatic rings. The van der Waals surface area contributed by atoms with E-state index in [4.69, 9.17) is 4.74 Å². The lowest BCUT2D eigenvalue weighted by Crippen LogP contribution is -2.23. The lowest BCUT2D eigenvalue weighted by Gasteiger charge is -2.27. The van der Waals surface area contributed by atoms with Crippen molar-refractivity contribution in [1.29, 1.82) is 0 Å². The van der Waals surface area contributed by atoms with Crippen molar-refractivity contribution in [2.45, 2.75) is 6.10 Å². The fourth-order valence-electron chi connectivity index (χ4n) is 2.42. The first-order valence-corrected chi connectivity index (χ1v) is 6.32. The van der Waals surface area contributed by atoms with E-state index >= 15 is 0 Å². The number of imidazole rings is 1. The molecule has 0 aliphatic carbocycles. The van der Waals surface area contributed by atoms with Crippen molar-refractivity contribution in [2.24, 2.45) is 0 Å². The number of aromatic nitrogens is 2. The van der Waals surface area contributed by atoms with E-state index in [1.165, 1.54) is 5.56 Å². The van der Waals surface area contributed by atoms with E-state index < -0.39 is 0 Å². The van der Waals surface area contributed by atoms with Gasteiger partial charge in [0.25, 0.3) is 0 Å². The number of anilines is 1. The summed E-state index contributed by atoms with van der Waals surface area (Å²) in [6, 6.07) is 12.2. The van der Waals surface area contributed by atoms with Crippen molar-refractivity contribution in [3.8, 4) is 5.75 Å². The average molecular weight is 251 g/mol. The molecule has 19 heavy (non-hydrogen) atoms. The molecule has 0 bridgehead atoms. The number of nitrogens with one attached hydrogen (secondary N) is 1. The van der Waals surface area contributed by atoms with Gasteiger partial charge in [-0.15, -0.1) is 0 Å². The van der Waals surface area contributed by atoms with Gasteiger partial charge >= 0.3 is 0 Å². The van der Waals surface area contributed by atoms with Crippen LogP contribution in [-0.2, 0) is 0 Å². The highest BCUT2D eigenvalue weighted by Gasteiger charge is 2.21. The molecule has 1 atom stereocenters. The van der Waals surface area contributed by atoms with Crippen molar-refractivity contribution in [3.63, 3.8) is 0 Å². The number of hydrogen-bond donors (Lipinski definition) is 1. The normalized spacial score (nSPS) is 17.6. The predicted octanol–water partition coefficient (Wildman–Crippen LogP) is 2.88. The van der Waals surface area contributed by atoms with Crippen molar-refractivity contribution >= 4 is 11.3 Å². The molecule has 1 unspecified atom stereocenters. The summed E-state index contributed by atoms with van der Waals surface area (Å²) in [4.78, 5) is 4.28. The Morgan fingerprint density at radius 3 is 3.05 bits per heavy atom. The lowest BCUT2D eigenvalue weighted by atomic mass is 10.1. The predicted molar refractivity (Wildman–Crippen MR) is 73.5 cm³/mol. The molecule has 0 radical (unpaired) electrons. The fraction of sp³-hybridized carbons (Fsp3) is 0.133. The quantitative estimate of drug-likeness (QED) is 0.722. The first-order chi connectivity index (χ1) is 9.40. The molecule has 0 saturated heterocycles. The van der Waals surface area contributed by atoms with Crippen LogP contribution in [0.1, 0.15) is 11.7 Å². The molecule has 4 nitrogen and oxygen atoms in total. The summed E-state index contributed by atoms with van der Waals surface area (Å²) in [5.41, 5.74) is 3.09. The van der Waals surface area contributed by atoms with Gasteiger partial charge in [-0.1, -0.05) is 30.3 Å². The third kappa shape index (κ3) is 1.73. The van der Waals surface area contributed by atoms with Gasteiger partial charge in [-0.25, -0.2) is 4.98 Å². The molecule has 94 valence electrons. The molecule has 1 aliphatic rings. The van der Waals surface area contributed by atoms with Crippen LogP contribution in [0.3, 0.4) is 0 Å². The minimum absolute atomic E-state index is 0.0473. The largest absolute Gasteiger partial charge is 0.482 e. The van der Waals surface area contributed by atoms with E-state index in [1.54, 1.807) is 6.20 Å². The van der Waals surface area contributed by atoms with Crippen molar-refractivity contribution < 1.29 is 4.74 Å². The molecular formula is C15H13N3O. The summed E-state index contributed by atoms with van der Waals surface area (Å²) in [5.74, 6) is 0.860. The second-order valence-electron chi connectivity index (χ2n) is 4.64. The van der Waals surface area contributed by atoms with Gasteiger partial charge in [-0.3, -0.25) is 0 Å². The Morgan fingerprint density at radius 2 is 2.16 bits per heavy atom. The molecule has 0 spiro atoms. The van der Waals surface area contributed by atoms with Crippen LogP contribution >= 0.6 is 0 Å². The summed E-state index contributed by atoms with van der Waals surface area (Å²) in [5, 5.41) is 3.42. The summed E-state index contributed by atoms with van der Waals surface area (Å²) < 4.78 is 8.06. The number of benzene rings is 1. The number of hydrogen-bond acceptors (Lipinski definition) is 3. The Labute approximate surface area is 110 Å². The van der Waals surface area contributed by atoms with Crippen LogP contribution in [0.4, 0.5) is 5.69 Å². The first-order valence-electron chi connectivity index (χ1n) is 6.32. The molecule has 4 rings (SSSR count). The maximum absolute atomic E-state index is 6.08. The Bertz CT molecular complexity index is 721. The van der Waals surface area contributed by atoms with Crippen LogP contribution in [0.25, 0.3) is 5.65 Å². The summed E-state index contributed by atoms with van der Waals surface area (Å²) in [6.07, 6.45) is 5.78. The average Bonchev–Trinajstić information content (AvgIpc) is 2.92. The molecule has 0 fully saturated rings. The summed E-state index contributed by atoms with van der Waals surface area (Å²) >= 11 is 0. The zero-order valence-electron chi connectivity index (χ0n) is 10.3. The molecule has 0 amide bonds. The van der Waals surface area contributed by atoms with Crippen molar-refractivity contribution in [1.82, 2.24) is 9.38 Å². The molecule has 1 aromatic carbocycles. The molecule has 2 aromatic heterocycles. The Hall–Kier alpha value is -2.49. The number of nitrogens with zero attached hydrogens (tertiary/aromatic N) is 2. The molecule has 4 heteroatoms. The number of ether oxygens (including phenoxy) is 1. The van der Waals surface area contributed by atoms with Crippen molar-refractivity contribution in [2.75, 3.05) is 11.9 Å². The van der Waals surface area contributed by atoms with Gasteiger partial charge in [0.2, 0.25) is 0 Å². The zero-order chi connectivity index (χ0) is 12.7. The molecule has 1 aliphatic heterocycles. The van der Waals surface area contributed by atoms with Gasteiger partial charge in [0.15, 0.2) is 0 Å². The number of pyridine rings is 1.